The average molecular weight is 382 g/mol. The van der Waals surface area contributed by atoms with E-state index in [1.165, 1.54) is 28.6 Å². The number of non-ortho nitro benzene ring substituents is 1. The van der Waals surface area contributed by atoms with Gasteiger partial charge in [0.15, 0.2) is 11.0 Å². The predicted molar refractivity (Wildman–Crippen MR) is 98.9 cm³/mol. The Labute approximate surface area is 158 Å². The van der Waals surface area contributed by atoms with E-state index in [1.807, 2.05) is 12.1 Å². The third kappa shape index (κ3) is 3.28. The molecule has 1 aromatic heterocycles. The van der Waals surface area contributed by atoms with Crippen molar-refractivity contribution < 1.29 is 14.5 Å². The van der Waals surface area contributed by atoms with Gasteiger partial charge in [-0.3, -0.25) is 14.9 Å². The van der Waals surface area contributed by atoms with Gasteiger partial charge < -0.3 is 4.74 Å². The molecule has 3 aromatic rings. The van der Waals surface area contributed by atoms with Crippen LogP contribution in [0.3, 0.4) is 0 Å². The van der Waals surface area contributed by atoms with Crippen LogP contribution in [0.25, 0.3) is 11.4 Å². The number of carbonyl (C=O) groups excluding carboxylic acids is 1. The number of aromatic nitrogens is 3. The fourth-order valence-electron chi connectivity index (χ4n) is 2.84. The average Bonchev–Trinajstić information content (AvgIpc) is 3.13. The molecule has 0 spiro atoms. The number of fused-ring (bicyclic) bond motifs is 1. The molecule has 1 unspecified atom stereocenters. The van der Waals surface area contributed by atoms with Crippen molar-refractivity contribution in [1.29, 1.82) is 0 Å². The first-order chi connectivity index (χ1) is 13.0. The second kappa shape index (κ2) is 6.84. The van der Waals surface area contributed by atoms with Gasteiger partial charge in [-0.05, 0) is 29.8 Å². The van der Waals surface area contributed by atoms with E-state index in [4.69, 9.17) is 4.74 Å². The number of nitrogens with zero attached hydrogens (tertiary/aromatic N) is 4. The second-order valence-electron chi connectivity index (χ2n) is 5.91. The van der Waals surface area contributed by atoms with Gasteiger partial charge in [0, 0.05) is 29.4 Å². The van der Waals surface area contributed by atoms with E-state index in [-0.39, 0.29) is 23.3 Å². The first-order valence-corrected chi connectivity index (χ1v) is 8.99. The van der Waals surface area contributed by atoms with Crippen molar-refractivity contribution in [1.82, 2.24) is 14.8 Å². The molecule has 0 amide bonds. The minimum atomic E-state index is -0.441. The summed E-state index contributed by atoms with van der Waals surface area (Å²) >= 11 is 1.38. The van der Waals surface area contributed by atoms with Crippen LogP contribution >= 0.6 is 11.8 Å². The summed E-state index contributed by atoms with van der Waals surface area (Å²) in [6.07, 6.45) is 0.199. The van der Waals surface area contributed by atoms with Gasteiger partial charge in [-0.1, -0.05) is 23.9 Å². The van der Waals surface area contributed by atoms with Crippen LogP contribution in [0.15, 0.2) is 53.7 Å². The number of rotatable bonds is 4. The van der Waals surface area contributed by atoms with E-state index in [0.717, 1.165) is 16.9 Å². The summed E-state index contributed by atoms with van der Waals surface area (Å²) in [6, 6.07) is 13.6. The number of carbonyl (C=O) groups is 1. The molecule has 0 bridgehead atoms. The molecule has 1 aliphatic rings. The van der Waals surface area contributed by atoms with E-state index in [1.54, 1.807) is 31.4 Å². The number of nitro groups is 1. The van der Waals surface area contributed by atoms with E-state index >= 15 is 0 Å². The van der Waals surface area contributed by atoms with Crippen LogP contribution in [0.1, 0.15) is 22.0 Å². The lowest BCUT2D eigenvalue weighted by Crippen LogP contribution is -2.21. The number of hydrogen-bond donors (Lipinski definition) is 0. The highest BCUT2D eigenvalue weighted by molar-refractivity contribution is 7.99. The number of nitro benzene ring substituents is 1. The SMILES string of the molecule is COc1ccc(-c2nc3n(n2)C(=O)CC(c2cccc([N+](=O)[O-])c2)S3)cc1. The number of thioether (sulfide) groups is 1. The highest BCUT2D eigenvalue weighted by Crippen LogP contribution is 2.42. The number of hydrogen-bond acceptors (Lipinski definition) is 7. The summed E-state index contributed by atoms with van der Waals surface area (Å²) in [5.41, 5.74) is 1.51. The third-order valence-corrected chi connectivity index (χ3v) is 5.42. The van der Waals surface area contributed by atoms with Gasteiger partial charge >= 0.3 is 0 Å². The molecular formula is C18H14N4O4S. The Balaban J connectivity index is 1.64. The number of ether oxygens (including phenoxy) is 1. The molecule has 9 heteroatoms. The van der Waals surface area contributed by atoms with Gasteiger partial charge in [0.2, 0.25) is 0 Å². The van der Waals surface area contributed by atoms with Crippen molar-refractivity contribution in [3.05, 3.63) is 64.2 Å². The molecule has 27 heavy (non-hydrogen) atoms. The predicted octanol–water partition coefficient (Wildman–Crippen LogP) is 3.74. The van der Waals surface area contributed by atoms with Gasteiger partial charge in [0.05, 0.1) is 12.0 Å². The third-order valence-electron chi connectivity index (χ3n) is 4.22. The van der Waals surface area contributed by atoms with Crippen LogP contribution in [-0.4, -0.2) is 32.7 Å². The minimum Gasteiger partial charge on any atom is -0.497 e. The summed E-state index contributed by atoms with van der Waals surface area (Å²) in [6.45, 7) is 0. The monoisotopic (exact) mass is 382 g/mol. The maximum atomic E-state index is 12.5. The highest BCUT2D eigenvalue weighted by atomic mass is 32.2. The zero-order valence-electron chi connectivity index (χ0n) is 14.2. The summed E-state index contributed by atoms with van der Waals surface area (Å²) in [7, 11) is 1.59. The van der Waals surface area contributed by atoms with E-state index in [9.17, 15) is 14.9 Å². The summed E-state index contributed by atoms with van der Waals surface area (Å²) < 4.78 is 6.44. The molecule has 0 fully saturated rings. The molecule has 0 saturated heterocycles. The Morgan fingerprint density at radius 2 is 2.04 bits per heavy atom. The van der Waals surface area contributed by atoms with E-state index in [2.05, 4.69) is 10.1 Å². The van der Waals surface area contributed by atoms with Crippen molar-refractivity contribution >= 4 is 23.4 Å². The zero-order valence-corrected chi connectivity index (χ0v) is 15.0. The molecular weight excluding hydrogens is 368 g/mol. The van der Waals surface area contributed by atoms with Crippen LogP contribution in [0.2, 0.25) is 0 Å². The van der Waals surface area contributed by atoms with E-state index < -0.39 is 4.92 Å². The Kier molecular flexibility index (Phi) is 4.36. The lowest BCUT2D eigenvalue weighted by Gasteiger charge is -2.20. The van der Waals surface area contributed by atoms with Gasteiger partial charge in [0.1, 0.15) is 5.75 Å². The Morgan fingerprint density at radius 1 is 1.26 bits per heavy atom. The summed E-state index contributed by atoms with van der Waals surface area (Å²) in [5, 5.41) is 15.6. The second-order valence-corrected chi connectivity index (χ2v) is 7.08. The molecule has 2 heterocycles. The zero-order chi connectivity index (χ0) is 19.0. The van der Waals surface area contributed by atoms with Crippen LogP contribution in [0, 0.1) is 10.1 Å². The molecule has 4 rings (SSSR count). The number of methoxy groups -OCH3 is 1. The van der Waals surface area contributed by atoms with Gasteiger partial charge in [-0.25, -0.2) is 4.98 Å². The maximum absolute atomic E-state index is 12.5. The van der Waals surface area contributed by atoms with Gasteiger partial charge in [0.25, 0.3) is 11.6 Å². The van der Waals surface area contributed by atoms with Gasteiger partial charge in [-0.15, -0.1) is 5.10 Å². The van der Waals surface area contributed by atoms with Crippen LogP contribution < -0.4 is 4.74 Å². The molecule has 1 aliphatic heterocycles. The Hall–Kier alpha value is -3.20. The first-order valence-electron chi connectivity index (χ1n) is 8.11. The first kappa shape index (κ1) is 17.2. The van der Waals surface area contributed by atoms with Crippen LogP contribution in [0.5, 0.6) is 5.75 Å². The molecule has 136 valence electrons. The van der Waals surface area contributed by atoms with Gasteiger partial charge in [-0.2, -0.15) is 4.68 Å². The van der Waals surface area contributed by atoms with Crippen molar-refractivity contribution in [2.75, 3.05) is 7.11 Å². The Bertz CT molecular complexity index is 1030. The molecule has 8 nitrogen and oxygen atoms in total. The lowest BCUT2D eigenvalue weighted by molar-refractivity contribution is -0.384. The lowest BCUT2D eigenvalue weighted by atomic mass is 10.1. The largest absolute Gasteiger partial charge is 0.497 e. The molecule has 2 aromatic carbocycles. The van der Waals surface area contributed by atoms with Crippen molar-refractivity contribution in [2.45, 2.75) is 16.8 Å². The van der Waals surface area contributed by atoms with Crippen molar-refractivity contribution in [2.24, 2.45) is 0 Å². The topological polar surface area (TPSA) is 100 Å². The molecule has 0 aliphatic carbocycles. The normalized spacial score (nSPS) is 16.0. The fraction of sp³-hybridized carbons (Fsp3) is 0.167. The quantitative estimate of drug-likeness (QED) is 0.500. The highest BCUT2D eigenvalue weighted by Gasteiger charge is 2.30. The molecule has 0 saturated carbocycles. The van der Waals surface area contributed by atoms with Crippen LogP contribution in [0.4, 0.5) is 5.69 Å². The smallest absolute Gasteiger partial charge is 0.269 e. The van der Waals surface area contributed by atoms with Crippen molar-refractivity contribution in [3.63, 3.8) is 0 Å². The molecule has 0 radical (unpaired) electrons. The maximum Gasteiger partial charge on any atom is 0.269 e. The number of benzene rings is 2. The summed E-state index contributed by atoms with van der Waals surface area (Å²) in [5.74, 6) is 0.986. The fourth-order valence-corrected chi connectivity index (χ4v) is 3.98. The van der Waals surface area contributed by atoms with Crippen LogP contribution in [-0.2, 0) is 0 Å². The molecule has 0 N–H and O–H groups in total. The minimum absolute atomic E-state index is 0.00603. The van der Waals surface area contributed by atoms with Crippen molar-refractivity contribution in [3.8, 4) is 17.1 Å². The van der Waals surface area contributed by atoms with E-state index in [0.29, 0.717) is 11.0 Å². The Morgan fingerprint density at radius 3 is 2.74 bits per heavy atom. The summed E-state index contributed by atoms with van der Waals surface area (Å²) in [4.78, 5) is 27.6. The standard InChI is InChI=1S/C18H14N4O4S/c1-26-14-7-5-11(6-8-14)17-19-18-21(20-17)16(23)10-15(27-18)12-3-2-4-13(9-12)22(24)25/h2-9,15H,10H2,1H3. The molecule has 1 atom stereocenters.